The monoisotopic (exact) mass is 294 g/mol. The summed E-state index contributed by atoms with van der Waals surface area (Å²) in [4.78, 5) is 10.5. The number of nitrogens with one attached hydrogen (secondary N) is 1. The number of ether oxygens (including phenoxy) is 2. The quantitative estimate of drug-likeness (QED) is 0.617. The van der Waals surface area contributed by atoms with Gasteiger partial charge in [-0.3, -0.25) is 10.1 Å². The molecule has 0 amide bonds. The largest absolute Gasteiger partial charge is 0.378 e. The minimum Gasteiger partial charge on any atom is -0.378 e. The summed E-state index contributed by atoms with van der Waals surface area (Å²) in [7, 11) is 1.70. The van der Waals surface area contributed by atoms with Crippen LogP contribution in [0.25, 0.3) is 0 Å². The highest BCUT2D eigenvalue weighted by Gasteiger charge is 2.35. The summed E-state index contributed by atoms with van der Waals surface area (Å²) in [5.41, 5.74) is 0.768. The molecule has 1 aliphatic heterocycles. The van der Waals surface area contributed by atoms with Gasteiger partial charge in [-0.15, -0.1) is 0 Å². The third-order valence-corrected chi connectivity index (χ3v) is 4.06. The van der Waals surface area contributed by atoms with Crippen molar-refractivity contribution in [2.45, 2.75) is 31.4 Å². The number of hydrogen-bond donors (Lipinski definition) is 1. The van der Waals surface area contributed by atoms with Gasteiger partial charge in [-0.2, -0.15) is 0 Å². The van der Waals surface area contributed by atoms with E-state index in [1.807, 2.05) is 6.07 Å². The molecule has 0 aliphatic carbocycles. The van der Waals surface area contributed by atoms with E-state index in [4.69, 9.17) is 9.47 Å². The number of non-ortho nitro benzene ring substituents is 1. The minimum absolute atomic E-state index is 0.0672. The fraction of sp³-hybridized carbons (Fsp3) is 0.600. The van der Waals surface area contributed by atoms with Crippen molar-refractivity contribution in [3.63, 3.8) is 0 Å². The lowest BCUT2D eigenvalue weighted by molar-refractivity contribution is -0.384. The van der Waals surface area contributed by atoms with E-state index < -0.39 is 0 Å². The van der Waals surface area contributed by atoms with Gasteiger partial charge in [0, 0.05) is 44.9 Å². The molecule has 1 aromatic carbocycles. The van der Waals surface area contributed by atoms with E-state index in [1.165, 1.54) is 6.07 Å². The molecule has 1 N–H and O–H groups in total. The van der Waals surface area contributed by atoms with Crippen LogP contribution in [0.1, 0.15) is 31.4 Å². The first-order valence-corrected chi connectivity index (χ1v) is 7.21. The predicted molar refractivity (Wildman–Crippen MR) is 79.3 cm³/mol. The van der Waals surface area contributed by atoms with E-state index in [0.717, 1.165) is 18.4 Å². The first-order valence-electron chi connectivity index (χ1n) is 7.21. The molecule has 6 heteroatoms. The van der Waals surface area contributed by atoms with Crippen molar-refractivity contribution >= 4 is 5.69 Å². The van der Waals surface area contributed by atoms with Gasteiger partial charge in [-0.25, -0.2) is 0 Å². The Hall–Kier alpha value is -1.50. The Morgan fingerprint density at radius 2 is 2.38 bits per heavy atom. The van der Waals surface area contributed by atoms with Crippen LogP contribution < -0.4 is 5.32 Å². The maximum Gasteiger partial charge on any atom is 0.269 e. The molecule has 6 nitrogen and oxygen atoms in total. The molecular weight excluding hydrogens is 272 g/mol. The van der Waals surface area contributed by atoms with Gasteiger partial charge in [0.2, 0.25) is 0 Å². The number of nitro groups is 1. The van der Waals surface area contributed by atoms with Crippen LogP contribution in [0.15, 0.2) is 24.3 Å². The van der Waals surface area contributed by atoms with Crippen molar-refractivity contribution in [3.8, 4) is 0 Å². The molecule has 0 saturated carbocycles. The fourth-order valence-corrected chi connectivity index (χ4v) is 2.62. The van der Waals surface area contributed by atoms with Crippen LogP contribution in [0.2, 0.25) is 0 Å². The summed E-state index contributed by atoms with van der Waals surface area (Å²) < 4.78 is 11.0. The Kier molecular flexibility index (Phi) is 5.27. The highest BCUT2D eigenvalue weighted by molar-refractivity contribution is 5.35. The Morgan fingerprint density at radius 1 is 1.57 bits per heavy atom. The molecule has 1 saturated heterocycles. The van der Waals surface area contributed by atoms with Gasteiger partial charge >= 0.3 is 0 Å². The molecule has 1 aromatic rings. The van der Waals surface area contributed by atoms with E-state index in [9.17, 15) is 10.1 Å². The van der Waals surface area contributed by atoms with E-state index in [-0.39, 0.29) is 22.3 Å². The summed E-state index contributed by atoms with van der Waals surface area (Å²) in [6.07, 6.45) is 1.71. The highest BCUT2D eigenvalue weighted by Crippen LogP contribution is 2.25. The normalized spacial score (nSPS) is 23.1. The van der Waals surface area contributed by atoms with Crippen LogP contribution in [0.5, 0.6) is 0 Å². The zero-order valence-corrected chi connectivity index (χ0v) is 12.5. The van der Waals surface area contributed by atoms with Gasteiger partial charge in [0.05, 0.1) is 11.5 Å². The summed E-state index contributed by atoms with van der Waals surface area (Å²) in [5, 5.41) is 14.3. The maximum atomic E-state index is 10.9. The molecule has 1 heterocycles. The molecule has 2 atom stereocenters. The minimum atomic E-state index is -0.363. The van der Waals surface area contributed by atoms with Crippen LogP contribution in [0.4, 0.5) is 5.69 Å². The van der Waals surface area contributed by atoms with Crippen molar-refractivity contribution in [1.82, 2.24) is 5.32 Å². The second kappa shape index (κ2) is 6.98. The summed E-state index contributed by atoms with van der Waals surface area (Å²) in [6, 6.07) is 6.85. The molecule has 2 rings (SSSR count). The van der Waals surface area contributed by atoms with Crippen LogP contribution >= 0.6 is 0 Å². The van der Waals surface area contributed by atoms with Gasteiger partial charge in [0.15, 0.2) is 0 Å². The van der Waals surface area contributed by atoms with Gasteiger partial charge in [0.1, 0.15) is 5.60 Å². The third-order valence-electron chi connectivity index (χ3n) is 4.06. The van der Waals surface area contributed by atoms with Gasteiger partial charge in [0.25, 0.3) is 5.69 Å². The zero-order valence-electron chi connectivity index (χ0n) is 12.5. The van der Waals surface area contributed by atoms with E-state index in [2.05, 4.69) is 12.2 Å². The number of benzene rings is 1. The zero-order chi connectivity index (χ0) is 15.3. The topological polar surface area (TPSA) is 73.6 Å². The van der Waals surface area contributed by atoms with Crippen molar-refractivity contribution < 1.29 is 14.4 Å². The molecule has 1 aliphatic rings. The van der Waals surface area contributed by atoms with Gasteiger partial charge < -0.3 is 14.8 Å². The molecule has 0 aromatic heterocycles. The van der Waals surface area contributed by atoms with Crippen LogP contribution in [0, 0.1) is 10.1 Å². The molecule has 21 heavy (non-hydrogen) atoms. The second-order valence-electron chi connectivity index (χ2n) is 5.38. The smallest absolute Gasteiger partial charge is 0.269 e. The highest BCUT2D eigenvalue weighted by atomic mass is 16.6. The molecule has 116 valence electrons. The molecule has 0 bridgehead atoms. The Bertz CT molecular complexity index is 486. The SMILES string of the molecule is CCC(NCC1(OC)CCOC1)c1cccc([N+](=O)[O-])c1. The average molecular weight is 294 g/mol. The molecule has 1 fully saturated rings. The van der Waals surface area contributed by atoms with Crippen LogP contribution in [-0.4, -0.2) is 37.4 Å². The Morgan fingerprint density at radius 3 is 2.95 bits per heavy atom. The lowest BCUT2D eigenvalue weighted by Gasteiger charge is -2.29. The lowest BCUT2D eigenvalue weighted by Crippen LogP contribution is -2.44. The first kappa shape index (κ1) is 15.9. The Labute approximate surface area is 124 Å². The van der Waals surface area contributed by atoms with Crippen molar-refractivity contribution in [2.75, 3.05) is 26.9 Å². The molecule has 0 radical (unpaired) electrons. The third kappa shape index (κ3) is 3.78. The van der Waals surface area contributed by atoms with E-state index >= 15 is 0 Å². The van der Waals surface area contributed by atoms with Crippen molar-refractivity contribution in [1.29, 1.82) is 0 Å². The maximum absolute atomic E-state index is 10.9. The van der Waals surface area contributed by atoms with E-state index in [0.29, 0.717) is 19.8 Å². The van der Waals surface area contributed by atoms with Gasteiger partial charge in [-0.05, 0) is 12.0 Å². The number of nitro benzene ring substituents is 1. The summed E-state index contributed by atoms with van der Waals surface area (Å²) in [5.74, 6) is 0. The first-order chi connectivity index (χ1) is 10.1. The summed E-state index contributed by atoms with van der Waals surface area (Å²) in [6.45, 7) is 4.02. The Balaban J connectivity index is 2.06. The van der Waals surface area contributed by atoms with Crippen LogP contribution in [-0.2, 0) is 9.47 Å². The molecular formula is C15H22N2O4. The lowest BCUT2D eigenvalue weighted by atomic mass is 9.99. The predicted octanol–water partition coefficient (Wildman–Crippen LogP) is 2.44. The molecule has 0 spiro atoms. The second-order valence-corrected chi connectivity index (χ2v) is 5.38. The average Bonchev–Trinajstić information content (AvgIpc) is 2.97. The van der Waals surface area contributed by atoms with Crippen molar-refractivity contribution in [2.24, 2.45) is 0 Å². The van der Waals surface area contributed by atoms with Crippen molar-refractivity contribution in [3.05, 3.63) is 39.9 Å². The fourth-order valence-electron chi connectivity index (χ4n) is 2.62. The number of rotatable bonds is 7. The van der Waals surface area contributed by atoms with Gasteiger partial charge in [-0.1, -0.05) is 19.1 Å². The van der Waals surface area contributed by atoms with E-state index in [1.54, 1.807) is 19.2 Å². The molecule has 2 unspecified atom stereocenters. The van der Waals surface area contributed by atoms with Crippen LogP contribution in [0.3, 0.4) is 0 Å². The summed E-state index contributed by atoms with van der Waals surface area (Å²) >= 11 is 0. The number of nitrogens with zero attached hydrogens (tertiary/aromatic N) is 1. The number of hydrogen-bond acceptors (Lipinski definition) is 5. The number of methoxy groups -OCH3 is 1. The standard InChI is InChI=1S/C15H22N2O4/c1-3-14(12-5-4-6-13(9-12)17(18)19)16-10-15(20-2)7-8-21-11-15/h4-6,9,14,16H,3,7-8,10-11H2,1-2H3.